The van der Waals surface area contributed by atoms with E-state index in [0.29, 0.717) is 0 Å². The van der Waals surface area contributed by atoms with Crippen LogP contribution in [0.5, 0.6) is 0 Å². The van der Waals surface area contributed by atoms with E-state index < -0.39 is 18.2 Å². The first kappa shape index (κ1) is 19.0. The quantitative estimate of drug-likeness (QED) is 0.336. The number of ether oxygens (including phenoxy) is 2. The molecule has 108 valence electrons. The Hall–Kier alpha value is -1.31. The highest BCUT2D eigenvalue weighted by molar-refractivity contribution is 6.18. The largest absolute Gasteiger partial charge is 0.550 e. The molecule has 0 bridgehead atoms. The Balaban J connectivity index is 0. The van der Waals surface area contributed by atoms with Crippen LogP contribution in [-0.2, 0) is 19.2 Å². The summed E-state index contributed by atoms with van der Waals surface area (Å²) in [5.41, 5.74) is 0. The van der Waals surface area contributed by atoms with Gasteiger partial charge in [0.2, 0.25) is 0 Å². The Labute approximate surface area is 108 Å². The highest BCUT2D eigenvalue weighted by Crippen LogP contribution is 1.97. The Kier molecular flexibility index (Phi) is 11.4. The van der Waals surface area contributed by atoms with Crippen molar-refractivity contribution in [2.45, 2.75) is 45.8 Å². The zero-order chi connectivity index (χ0) is 14.7. The van der Waals surface area contributed by atoms with Crippen LogP contribution < -0.4 is 0 Å². The van der Waals surface area contributed by atoms with Crippen LogP contribution in [0.4, 0.5) is 18.4 Å². The first-order valence-corrected chi connectivity index (χ1v) is 5.26. The van der Waals surface area contributed by atoms with E-state index in [2.05, 4.69) is 30.8 Å². The van der Waals surface area contributed by atoms with Crippen LogP contribution in [0, 0.1) is 0 Å². The van der Waals surface area contributed by atoms with Crippen molar-refractivity contribution in [3.63, 3.8) is 0 Å². The van der Waals surface area contributed by atoms with E-state index in [1.165, 1.54) is 0 Å². The fourth-order valence-electron chi connectivity index (χ4n) is 0.492. The molecule has 0 aromatic carbocycles. The lowest BCUT2D eigenvalue weighted by atomic mass is 10.5. The van der Waals surface area contributed by atoms with Crippen LogP contribution in [0.25, 0.3) is 0 Å². The van der Waals surface area contributed by atoms with Crippen molar-refractivity contribution >= 4 is 23.9 Å². The number of halogens is 3. The van der Waals surface area contributed by atoms with Gasteiger partial charge in [0.15, 0.2) is 0 Å². The molecule has 0 aliphatic carbocycles. The maximum absolute atomic E-state index is 10.7. The summed E-state index contributed by atoms with van der Waals surface area (Å²) in [7, 11) is 0. The summed E-state index contributed by atoms with van der Waals surface area (Å²) in [6, 6.07) is 0. The van der Waals surface area contributed by atoms with Gasteiger partial charge in [-0.1, -0.05) is 11.6 Å². The predicted octanol–water partition coefficient (Wildman–Crippen LogP) is 3.47. The molecule has 0 unspecified atom stereocenters. The second kappa shape index (κ2) is 10.8. The van der Waals surface area contributed by atoms with Crippen LogP contribution in [0.1, 0.15) is 27.7 Å². The highest BCUT2D eigenvalue weighted by atomic mass is 35.5. The summed E-state index contributed by atoms with van der Waals surface area (Å²) in [6.45, 7) is 6.53. The Morgan fingerprint density at radius 3 is 1.28 bits per heavy atom. The topological polar surface area (TPSA) is 71.1 Å². The van der Waals surface area contributed by atoms with Gasteiger partial charge in [-0.15, -0.1) is 0 Å². The van der Waals surface area contributed by atoms with E-state index in [1.807, 2.05) is 0 Å². The van der Waals surface area contributed by atoms with Gasteiger partial charge in [0.1, 0.15) is 0 Å². The van der Waals surface area contributed by atoms with Gasteiger partial charge in [0.05, 0.1) is 12.2 Å². The molecule has 0 N–H and O–H groups in total. The Morgan fingerprint density at radius 1 is 0.889 bits per heavy atom. The smallest absolute Gasteiger partial charge is 0.429 e. The van der Waals surface area contributed by atoms with Gasteiger partial charge in [-0.05, 0) is 27.7 Å². The van der Waals surface area contributed by atoms with Crippen LogP contribution in [0.2, 0.25) is 0 Å². The summed E-state index contributed by atoms with van der Waals surface area (Å²) < 4.78 is 29.2. The molecule has 0 amide bonds. The van der Waals surface area contributed by atoms with E-state index in [-0.39, 0.29) is 12.2 Å². The van der Waals surface area contributed by atoms with Crippen molar-refractivity contribution in [1.82, 2.24) is 0 Å². The van der Waals surface area contributed by atoms with Crippen LogP contribution in [0.3, 0.4) is 0 Å². The summed E-state index contributed by atoms with van der Waals surface area (Å²) in [6.07, 6.45) is -2.85. The molecule has 0 aromatic heterocycles. The number of hydrogen-bond donors (Lipinski definition) is 0. The van der Waals surface area contributed by atoms with E-state index in [1.54, 1.807) is 27.7 Å². The van der Waals surface area contributed by atoms with Gasteiger partial charge in [-0.3, -0.25) is 0 Å². The van der Waals surface area contributed by atoms with Gasteiger partial charge >= 0.3 is 18.2 Å². The number of hydrogen-bond acceptors (Lipinski definition) is 6. The molecule has 0 rings (SSSR count). The van der Waals surface area contributed by atoms with E-state index in [9.17, 15) is 18.4 Å². The monoisotopic (exact) mass is 292 g/mol. The SMILES string of the molecule is CC(C)OC(=O)OOC(=O)OC(C)C.FC(F)Cl. The van der Waals surface area contributed by atoms with E-state index in [4.69, 9.17) is 0 Å². The molecule has 6 nitrogen and oxygen atoms in total. The van der Waals surface area contributed by atoms with Crippen molar-refractivity contribution in [1.29, 1.82) is 0 Å². The lowest BCUT2D eigenvalue weighted by molar-refractivity contribution is -0.222. The molecule has 0 heterocycles. The third-order valence-electron chi connectivity index (χ3n) is 0.842. The molecule has 0 aliphatic heterocycles. The molecule has 0 saturated carbocycles. The zero-order valence-electron chi connectivity index (χ0n) is 10.3. The fraction of sp³-hybridized carbons (Fsp3) is 0.778. The number of carbonyl (C=O) groups excluding carboxylic acids is 2. The summed E-state index contributed by atoms with van der Waals surface area (Å²) in [5.74, 6) is -2.69. The molecule has 0 atom stereocenters. The summed E-state index contributed by atoms with van der Waals surface area (Å²) in [4.78, 5) is 29.3. The lowest BCUT2D eigenvalue weighted by Crippen LogP contribution is -2.18. The van der Waals surface area contributed by atoms with Crippen molar-refractivity contribution < 1.29 is 37.6 Å². The molecule has 18 heavy (non-hydrogen) atoms. The summed E-state index contributed by atoms with van der Waals surface area (Å²) in [5, 5.41) is 0. The molecule has 0 saturated heterocycles. The molecule has 0 radical (unpaired) electrons. The average molecular weight is 293 g/mol. The van der Waals surface area contributed by atoms with Crippen molar-refractivity contribution in [2.24, 2.45) is 0 Å². The third kappa shape index (κ3) is 20.1. The second-order valence-electron chi connectivity index (χ2n) is 3.25. The van der Waals surface area contributed by atoms with Gasteiger partial charge in [-0.2, -0.15) is 28.1 Å². The van der Waals surface area contributed by atoms with E-state index >= 15 is 0 Å². The van der Waals surface area contributed by atoms with Gasteiger partial charge in [0, 0.05) is 0 Å². The minimum Gasteiger partial charge on any atom is -0.429 e. The van der Waals surface area contributed by atoms with Gasteiger partial charge in [0.25, 0.3) is 0 Å². The number of alkyl halides is 3. The normalized spacial score (nSPS) is 9.67. The van der Waals surface area contributed by atoms with Crippen LogP contribution >= 0.6 is 11.6 Å². The zero-order valence-corrected chi connectivity index (χ0v) is 11.1. The first-order chi connectivity index (χ1) is 8.15. The lowest BCUT2D eigenvalue weighted by Gasteiger charge is -2.08. The first-order valence-electron chi connectivity index (χ1n) is 4.83. The van der Waals surface area contributed by atoms with Crippen LogP contribution in [0.15, 0.2) is 0 Å². The minimum atomic E-state index is -2.69. The Morgan fingerprint density at radius 2 is 1.11 bits per heavy atom. The predicted molar refractivity (Wildman–Crippen MR) is 57.3 cm³/mol. The molecule has 9 heteroatoms. The highest BCUT2D eigenvalue weighted by Gasteiger charge is 2.13. The van der Waals surface area contributed by atoms with Crippen molar-refractivity contribution in [3.05, 3.63) is 0 Å². The molecule has 0 aromatic rings. The molecular weight excluding hydrogens is 278 g/mol. The molecular formula is C9H15ClF2O6. The fourth-order valence-corrected chi connectivity index (χ4v) is 0.492. The minimum absolute atomic E-state index is 0.341. The number of rotatable bonds is 2. The Bertz CT molecular complexity index is 222. The van der Waals surface area contributed by atoms with Gasteiger partial charge in [-0.25, -0.2) is 0 Å². The van der Waals surface area contributed by atoms with Crippen LogP contribution in [-0.4, -0.2) is 30.4 Å². The standard InChI is InChI=1S/C8H14O6.CHClF2/c1-5(2)11-7(9)13-14-8(10)12-6(3)4;2-1(3)4/h5-6H,1-4H3;1H. The van der Waals surface area contributed by atoms with Crippen molar-refractivity contribution in [2.75, 3.05) is 0 Å². The molecule has 0 aliphatic rings. The molecule has 0 fully saturated rings. The average Bonchev–Trinajstić information content (AvgIpc) is 2.11. The second-order valence-corrected chi connectivity index (χ2v) is 3.58. The number of carbonyl (C=O) groups is 2. The molecule has 0 spiro atoms. The summed E-state index contributed by atoms with van der Waals surface area (Å²) >= 11 is 3.94. The van der Waals surface area contributed by atoms with Gasteiger partial charge < -0.3 is 9.47 Å². The third-order valence-corrected chi connectivity index (χ3v) is 0.842. The maximum Gasteiger partial charge on any atom is 0.550 e. The van der Waals surface area contributed by atoms with E-state index in [0.717, 1.165) is 0 Å². The van der Waals surface area contributed by atoms with Crippen molar-refractivity contribution in [3.8, 4) is 0 Å². The maximum atomic E-state index is 10.7.